The van der Waals surface area contributed by atoms with Crippen molar-refractivity contribution in [1.82, 2.24) is 16.0 Å². The van der Waals surface area contributed by atoms with Crippen molar-refractivity contribution < 1.29 is 48.8 Å². The number of hydrogen-bond donors (Lipinski definition) is 6. The van der Waals surface area contributed by atoms with Crippen LogP contribution in [0.2, 0.25) is 0 Å². The summed E-state index contributed by atoms with van der Waals surface area (Å²) >= 11 is 0. The van der Waals surface area contributed by atoms with Gasteiger partial charge in [-0.2, -0.15) is 0 Å². The van der Waals surface area contributed by atoms with Crippen LogP contribution in [0.25, 0.3) is 0 Å². The Morgan fingerprint density at radius 3 is 2.03 bits per heavy atom. The zero-order valence-electron chi connectivity index (χ0n) is 18.2. The van der Waals surface area contributed by atoms with Crippen LogP contribution in [0.1, 0.15) is 37.7 Å². The average molecular weight is 481 g/mol. The van der Waals surface area contributed by atoms with E-state index in [1.807, 2.05) is 11.4 Å². The van der Waals surface area contributed by atoms with Crippen LogP contribution in [0.3, 0.4) is 0 Å². The van der Waals surface area contributed by atoms with Crippen LogP contribution in [0.15, 0.2) is 30.3 Å². The SMILES string of the molecule is O=C(O)CCC(NC(=O)CC(NC(=O)CCCNC(=O)OCc1ccccc1)C(=O)O)C(=O)O. The number of carbonyl (C=O) groups excluding carboxylic acids is 3. The van der Waals surface area contributed by atoms with Gasteiger partial charge in [-0.3, -0.25) is 14.4 Å². The van der Waals surface area contributed by atoms with E-state index in [1.54, 1.807) is 24.3 Å². The van der Waals surface area contributed by atoms with E-state index in [0.717, 1.165) is 5.56 Å². The van der Waals surface area contributed by atoms with E-state index in [1.165, 1.54) is 0 Å². The Morgan fingerprint density at radius 2 is 1.44 bits per heavy atom. The normalized spacial score (nSPS) is 12.0. The molecule has 0 saturated heterocycles. The molecule has 0 heterocycles. The molecule has 13 nitrogen and oxygen atoms in total. The number of carboxylic acid groups (broad SMARTS) is 3. The first-order valence-corrected chi connectivity index (χ1v) is 10.3. The lowest BCUT2D eigenvalue weighted by Crippen LogP contribution is -2.47. The van der Waals surface area contributed by atoms with Gasteiger partial charge >= 0.3 is 24.0 Å². The van der Waals surface area contributed by atoms with Crippen molar-refractivity contribution in [2.75, 3.05) is 6.54 Å². The van der Waals surface area contributed by atoms with Gasteiger partial charge < -0.3 is 36.0 Å². The Bertz CT molecular complexity index is 875. The largest absolute Gasteiger partial charge is 0.481 e. The Hall–Kier alpha value is -4.16. The second kappa shape index (κ2) is 14.8. The van der Waals surface area contributed by atoms with Gasteiger partial charge in [0.15, 0.2) is 0 Å². The van der Waals surface area contributed by atoms with Crippen molar-refractivity contribution in [3.8, 4) is 0 Å². The highest BCUT2D eigenvalue weighted by Gasteiger charge is 2.26. The number of rotatable bonds is 15. The number of ether oxygens (including phenoxy) is 1. The van der Waals surface area contributed by atoms with Gasteiger partial charge in [0.25, 0.3) is 0 Å². The predicted molar refractivity (Wildman–Crippen MR) is 114 cm³/mol. The maximum Gasteiger partial charge on any atom is 0.407 e. The molecule has 1 rings (SSSR count). The number of amides is 3. The maximum atomic E-state index is 12.0. The highest BCUT2D eigenvalue weighted by molar-refractivity contribution is 5.90. The van der Waals surface area contributed by atoms with E-state index < -0.39 is 60.7 Å². The summed E-state index contributed by atoms with van der Waals surface area (Å²) in [7, 11) is 0. The van der Waals surface area contributed by atoms with Gasteiger partial charge in [-0.25, -0.2) is 14.4 Å². The molecule has 0 spiro atoms. The molecule has 0 aliphatic carbocycles. The Morgan fingerprint density at radius 1 is 0.824 bits per heavy atom. The van der Waals surface area contributed by atoms with Crippen LogP contribution in [-0.2, 0) is 35.3 Å². The van der Waals surface area contributed by atoms with E-state index in [9.17, 15) is 33.9 Å². The van der Waals surface area contributed by atoms with Crippen molar-refractivity contribution in [3.05, 3.63) is 35.9 Å². The minimum absolute atomic E-state index is 0.0779. The van der Waals surface area contributed by atoms with Crippen LogP contribution in [-0.4, -0.2) is 69.8 Å². The summed E-state index contributed by atoms with van der Waals surface area (Å²) in [6, 6.07) is 5.86. The third-order valence-corrected chi connectivity index (χ3v) is 4.37. The van der Waals surface area contributed by atoms with Gasteiger partial charge in [-0.15, -0.1) is 0 Å². The molecule has 1 aromatic rings. The van der Waals surface area contributed by atoms with Gasteiger partial charge in [0, 0.05) is 19.4 Å². The third kappa shape index (κ3) is 12.0. The summed E-state index contributed by atoms with van der Waals surface area (Å²) in [4.78, 5) is 68.7. The minimum Gasteiger partial charge on any atom is -0.481 e. The van der Waals surface area contributed by atoms with Crippen LogP contribution < -0.4 is 16.0 Å². The third-order valence-electron chi connectivity index (χ3n) is 4.37. The minimum atomic E-state index is -1.62. The molecule has 186 valence electrons. The molecule has 6 N–H and O–H groups in total. The first-order chi connectivity index (χ1) is 16.1. The summed E-state index contributed by atoms with van der Waals surface area (Å²) in [5, 5.41) is 33.5. The molecule has 2 atom stereocenters. The Labute approximate surface area is 194 Å². The van der Waals surface area contributed by atoms with E-state index >= 15 is 0 Å². The van der Waals surface area contributed by atoms with Crippen molar-refractivity contribution >= 4 is 35.8 Å². The molecular weight excluding hydrogens is 454 g/mol. The quantitative estimate of drug-likeness (QED) is 0.186. The fourth-order valence-corrected chi connectivity index (χ4v) is 2.64. The van der Waals surface area contributed by atoms with Crippen LogP contribution in [0, 0.1) is 0 Å². The number of carbonyl (C=O) groups is 6. The smallest absolute Gasteiger partial charge is 0.407 e. The van der Waals surface area contributed by atoms with Crippen molar-refractivity contribution in [2.24, 2.45) is 0 Å². The number of carboxylic acids is 3. The molecule has 0 aliphatic heterocycles. The maximum absolute atomic E-state index is 12.0. The predicted octanol–water partition coefficient (Wildman–Crippen LogP) is 0.0867. The molecule has 0 aliphatic rings. The number of nitrogens with one attached hydrogen (secondary N) is 3. The standard InChI is InChI=1S/C21H27N3O10/c25-16(7-4-10-22-21(33)34-12-13-5-2-1-3-6-13)24-15(20(31)32)11-17(26)23-14(19(29)30)8-9-18(27)28/h1-3,5-6,14-15H,4,7-12H2,(H,22,33)(H,23,26)(H,24,25)(H,27,28)(H,29,30)(H,31,32). The number of aliphatic carboxylic acids is 3. The second-order valence-corrected chi connectivity index (χ2v) is 7.15. The van der Waals surface area contributed by atoms with E-state index in [-0.39, 0.29) is 32.4 Å². The molecule has 0 saturated carbocycles. The molecule has 0 aromatic heterocycles. The highest BCUT2D eigenvalue weighted by Crippen LogP contribution is 2.02. The topological polar surface area (TPSA) is 208 Å². The van der Waals surface area contributed by atoms with Gasteiger partial charge in [-0.1, -0.05) is 30.3 Å². The molecule has 0 fully saturated rings. The zero-order chi connectivity index (χ0) is 25.5. The molecule has 0 radical (unpaired) electrons. The average Bonchev–Trinajstić information content (AvgIpc) is 2.78. The fraction of sp³-hybridized carbons (Fsp3) is 0.429. The number of hydrogen-bond acceptors (Lipinski definition) is 7. The van der Waals surface area contributed by atoms with E-state index in [4.69, 9.17) is 14.9 Å². The van der Waals surface area contributed by atoms with Gasteiger partial charge in [0.1, 0.15) is 18.7 Å². The van der Waals surface area contributed by atoms with Crippen LogP contribution in [0.5, 0.6) is 0 Å². The lowest BCUT2D eigenvalue weighted by molar-refractivity contribution is -0.145. The Kier molecular flexibility index (Phi) is 12.1. The molecule has 0 bridgehead atoms. The lowest BCUT2D eigenvalue weighted by atomic mass is 10.1. The van der Waals surface area contributed by atoms with Crippen molar-refractivity contribution in [3.63, 3.8) is 0 Å². The Balaban J connectivity index is 2.37. The van der Waals surface area contributed by atoms with E-state index in [2.05, 4.69) is 10.6 Å². The monoisotopic (exact) mass is 481 g/mol. The van der Waals surface area contributed by atoms with Gasteiger partial charge in [0.05, 0.1) is 6.42 Å². The fourth-order valence-electron chi connectivity index (χ4n) is 2.64. The van der Waals surface area contributed by atoms with E-state index in [0.29, 0.717) is 0 Å². The number of alkyl carbamates (subject to hydrolysis) is 1. The van der Waals surface area contributed by atoms with Gasteiger partial charge in [0.2, 0.25) is 11.8 Å². The summed E-state index contributed by atoms with van der Waals surface area (Å²) in [5.74, 6) is -5.91. The summed E-state index contributed by atoms with van der Waals surface area (Å²) < 4.78 is 5.01. The molecule has 34 heavy (non-hydrogen) atoms. The molecule has 1 aromatic carbocycles. The van der Waals surface area contributed by atoms with Crippen molar-refractivity contribution in [2.45, 2.75) is 50.8 Å². The molecule has 3 amide bonds. The van der Waals surface area contributed by atoms with Crippen LogP contribution in [0.4, 0.5) is 4.79 Å². The van der Waals surface area contributed by atoms with Crippen LogP contribution >= 0.6 is 0 Å². The number of benzene rings is 1. The summed E-state index contributed by atoms with van der Waals surface area (Å²) in [5.41, 5.74) is 0.803. The highest BCUT2D eigenvalue weighted by atomic mass is 16.5. The molecule has 2 unspecified atom stereocenters. The van der Waals surface area contributed by atoms with Crippen molar-refractivity contribution in [1.29, 1.82) is 0 Å². The molecular formula is C21H27N3O10. The first kappa shape index (κ1) is 27.9. The second-order valence-electron chi connectivity index (χ2n) is 7.15. The zero-order valence-corrected chi connectivity index (χ0v) is 18.2. The molecule has 13 heteroatoms. The first-order valence-electron chi connectivity index (χ1n) is 10.3. The lowest BCUT2D eigenvalue weighted by Gasteiger charge is -2.17. The van der Waals surface area contributed by atoms with Gasteiger partial charge in [-0.05, 0) is 18.4 Å². The summed E-state index contributed by atoms with van der Waals surface area (Å²) in [6.45, 7) is 0.164. The summed E-state index contributed by atoms with van der Waals surface area (Å²) in [6.07, 6.45) is -2.31.